The van der Waals surface area contributed by atoms with Gasteiger partial charge in [0.1, 0.15) is 5.60 Å². The number of aromatic nitrogens is 2. The van der Waals surface area contributed by atoms with Crippen LogP contribution in [-0.4, -0.2) is 70.4 Å². The van der Waals surface area contributed by atoms with Gasteiger partial charge >= 0.3 is 6.09 Å². The Morgan fingerprint density at radius 1 is 1.45 bits per heavy atom. The highest BCUT2D eigenvalue weighted by molar-refractivity contribution is 5.92. The van der Waals surface area contributed by atoms with E-state index in [1.807, 2.05) is 4.90 Å². The van der Waals surface area contributed by atoms with Crippen molar-refractivity contribution in [2.75, 3.05) is 38.5 Å². The van der Waals surface area contributed by atoms with Crippen LogP contribution in [0.5, 0.6) is 0 Å². The van der Waals surface area contributed by atoms with E-state index in [0.717, 1.165) is 19.4 Å². The summed E-state index contributed by atoms with van der Waals surface area (Å²) in [7, 11) is 3.54. The van der Waals surface area contributed by atoms with Gasteiger partial charge in [-0.2, -0.15) is 5.10 Å². The van der Waals surface area contributed by atoms with Crippen molar-refractivity contribution < 1.29 is 14.3 Å². The average molecular weight is 307 g/mol. The molecule has 0 saturated carbocycles. The van der Waals surface area contributed by atoms with Gasteiger partial charge in [0.2, 0.25) is 5.91 Å². The van der Waals surface area contributed by atoms with Gasteiger partial charge < -0.3 is 15.0 Å². The van der Waals surface area contributed by atoms with E-state index < -0.39 is 5.60 Å². The van der Waals surface area contributed by atoms with E-state index in [-0.39, 0.29) is 18.5 Å². The first kappa shape index (κ1) is 14.8. The van der Waals surface area contributed by atoms with Crippen LogP contribution in [0.3, 0.4) is 0 Å². The van der Waals surface area contributed by atoms with Gasteiger partial charge in [-0.05, 0) is 19.4 Å². The Morgan fingerprint density at radius 3 is 2.91 bits per heavy atom. The topological polar surface area (TPSA) is 79.7 Å². The number of nitrogens with zero attached hydrogens (tertiary/aromatic N) is 4. The summed E-state index contributed by atoms with van der Waals surface area (Å²) in [5.74, 6) is -0.0808. The Morgan fingerprint density at radius 2 is 2.27 bits per heavy atom. The summed E-state index contributed by atoms with van der Waals surface area (Å²) < 4.78 is 7.17. The van der Waals surface area contributed by atoms with Crippen molar-refractivity contribution in [3.8, 4) is 0 Å². The number of hydrogen-bond acceptors (Lipinski definition) is 5. The number of aryl methyl sites for hydroxylation is 1. The number of piperidine rings is 1. The van der Waals surface area contributed by atoms with Gasteiger partial charge in [0.15, 0.2) is 0 Å². The number of carbonyl (C=O) groups excluding carboxylic acids is 2. The minimum Gasteiger partial charge on any atom is -0.440 e. The van der Waals surface area contributed by atoms with Crippen molar-refractivity contribution in [3.05, 3.63) is 12.4 Å². The SMILES string of the molecule is CN1CC2(CCCN(CC(=O)Nc3cnn(C)c3)C2)OC1=O. The van der Waals surface area contributed by atoms with Crippen LogP contribution < -0.4 is 5.32 Å². The van der Waals surface area contributed by atoms with Crippen LogP contribution in [0, 0.1) is 0 Å². The average Bonchev–Trinajstić information content (AvgIpc) is 2.94. The number of anilines is 1. The van der Waals surface area contributed by atoms with Gasteiger partial charge in [-0.15, -0.1) is 0 Å². The molecule has 1 spiro atoms. The fraction of sp³-hybridized carbons (Fsp3) is 0.643. The van der Waals surface area contributed by atoms with Crippen LogP contribution in [0.25, 0.3) is 0 Å². The third-order valence-electron chi connectivity index (χ3n) is 4.12. The van der Waals surface area contributed by atoms with Crippen molar-refractivity contribution in [1.82, 2.24) is 19.6 Å². The van der Waals surface area contributed by atoms with Crippen LogP contribution in [0.15, 0.2) is 12.4 Å². The lowest BCUT2D eigenvalue weighted by Gasteiger charge is -2.37. The Bertz CT molecular complexity index is 587. The van der Waals surface area contributed by atoms with Crippen LogP contribution in [-0.2, 0) is 16.6 Å². The van der Waals surface area contributed by atoms with Crippen molar-refractivity contribution >= 4 is 17.7 Å². The summed E-state index contributed by atoms with van der Waals surface area (Å²) in [6.45, 7) is 2.32. The second kappa shape index (κ2) is 5.60. The van der Waals surface area contributed by atoms with Crippen molar-refractivity contribution in [2.24, 2.45) is 7.05 Å². The van der Waals surface area contributed by atoms with Gasteiger partial charge in [0, 0.05) is 26.8 Å². The normalized spacial score (nSPS) is 25.5. The molecule has 2 aliphatic heterocycles. The van der Waals surface area contributed by atoms with Gasteiger partial charge in [-0.1, -0.05) is 0 Å². The maximum atomic E-state index is 12.1. The molecule has 2 saturated heterocycles. The fourth-order valence-corrected chi connectivity index (χ4v) is 3.22. The largest absolute Gasteiger partial charge is 0.440 e. The van der Waals surface area contributed by atoms with Gasteiger partial charge in [0.25, 0.3) is 0 Å². The van der Waals surface area contributed by atoms with Crippen molar-refractivity contribution in [1.29, 1.82) is 0 Å². The maximum Gasteiger partial charge on any atom is 0.410 e. The third-order valence-corrected chi connectivity index (χ3v) is 4.12. The van der Waals surface area contributed by atoms with Crippen molar-refractivity contribution in [2.45, 2.75) is 18.4 Å². The third kappa shape index (κ3) is 3.06. The first-order chi connectivity index (χ1) is 10.5. The molecule has 1 aromatic rings. The second-order valence-electron chi connectivity index (χ2n) is 6.17. The Kier molecular flexibility index (Phi) is 3.78. The lowest BCUT2D eigenvalue weighted by atomic mass is 9.93. The highest BCUT2D eigenvalue weighted by atomic mass is 16.6. The molecule has 120 valence electrons. The summed E-state index contributed by atoms with van der Waals surface area (Å²) in [5.41, 5.74) is 0.227. The van der Waals surface area contributed by atoms with E-state index in [1.165, 1.54) is 0 Å². The van der Waals surface area contributed by atoms with E-state index in [9.17, 15) is 9.59 Å². The number of nitrogens with one attached hydrogen (secondary N) is 1. The molecule has 0 radical (unpaired) electrons. The molecule has 3 heterocycles. The molecule has 1 unspecified atom stereocenters. The number of hydrogen-bond donors (Lipinski definition) is 1. The predicted molar refractivity (Wildman–Crippen MR) is 79.4 cm³/mol. The molecule has 0 bridgehead atoms. The molecule has 2 fully saturated rings. The van der Waals surface area contributed by atoms with Crippen LogP contribution in [0.4, 0.5) is 10.5 Å². The van der Waals surface area contributed by atoms with E-state index >= 15 is 0 Å². The fourth-order valence-electron chi connectivity index (χ4n) is 3.22. The molecule has 2 amide bonds. The molecular formula is C14H21N5O3. The molecule has 2 aliphatic rings. The van der Waals surface area contributed by atoms with Gasteiger partial charge in [-0.3, -0.25) is 14.4 Å². The lowest BCUT2D eigenvalue weighted by molar-refractivity contribution is -0.118. The van der Waals surface area contributed by atoms with Crippen molar-refractivity contribution in [3.63, 3.8) is 0 Å². The van der Waals surface area contributed by atoms with E-state index in [1.54, 1.807) is 36.1 Å². The van der Waals surface area contributed by atoms with E-state index in [4.69, 9.17) is 4.74 Å². The Hall–Kier alpha value is -2.09. The summed E-state index contributed by atoms with van der Waals surface area (Å²) in [6, 6.07) is 0. The van der Waals surface area contributed by atoms with Gasteiger partial charge in [-0.25, -0.2) is 4.79 Å². The number of likely N-dealkylation sites (tertiary alicyclic amines) is 1. The quantitative estimate of drug-likeness (QED) is 0.867. The Labute approximate surface area is 129 Å². The molecule has 1 aromatic heterocycles. The molecular weight excluding hydrogens is 286 g/mol. The Balaban J connectivity index is 1.56. The monoisotopic (exact) mass is 307 g/mol. The second-order valence-corrected chi connectivity index (χ2v) is 6.17. The summed E-state index contributed by atoms with van der Waals surface area (Å²) in [5, 5.41) is 6.84. The van der Waals surface area contributed by atoms with E-state index in [0.29, 0.717) is 18.8 Å². The molecule has 3 rings (SSSR count). The minimum atomic E-state index is -0.460. The smallest absolute Gasteiger partial charge is 0.410 e. The maximum absolute atomic E-state index is 12.1. The molecule has 0 aromatic carbocycles. The molecule has 8 heteroatoms. The molecule has 1 atom stereocenters. The number of ether oxygens (including phenoxy) is 1. The predicted octanol–water partition coefficient (Wildman–Crippen LogP) is 0.275. The van der Waals surface area contributed by atoms with Gasteiger partial charge in [0.05, 0.1) is 25.0 Å². The molecule has 8 nitrogen and oxygen atoms in total. The number of rotatable bonds is 3. The zero-order valence-electron chi connectivity index (χ0n) is 12.9. The van der Waals surface area contributed by atoms with Crippen LogP contribution in [0.1, 0.15) is 12.8 Å². The summed E-state index contributed by atoms with van der Waals surface area (Å²) in [6.07, 6.45) is 4.86. The first-order valence-corrected chi connectivity index (χ1v) is 7.41. The number of likely N-dealkylation sites (N-methyl/N-ethyl adjacent to an activating group) is 1. The highest BCUT2D eigenvalue weighted by Gasteiger charge is 2.46. The number of carbonyl (C=O) groups is 2. The summed E-state index contributed by atoms with van der Waals surface area (Å²) in [4.78, 5) is 27.4. The van der Waals surface area contributed by atoms with Crippen LogP contribution >= 0.6 is 0 Å². The molecule has 0 aliphatic carbocycles. The van der Waals surface area contributed by atoms with E-state index in [2.05, 4.69) is 10.4 Å². The zero-order chi connectivity index (χ0) is 15.7. The van der Waals surface area contributed by atoms with Crippen LogP contribution in [0.2, 0.25) is 0 Å². The summed E-state index contributed by atoms with van der Waals surface area (Å²) >= 11 is 0. The molecule has 1 N–H and O–H groups in total. The highest BCUT2D eigenvalue weighted by Crippen LogP contribution is 2.31. The first-order valence-electron chi connectivity index (χ1n) is 7.41. The zero-order valence-corrected chi connectivity index (χ0v) is 12.9. The lowest BCUT2D eigenvalue weighted by Crippen LogP contribution is -2.52. The number of amides is 2. The minimum absolute atomic E-state index is 0.0808. The molecule has 22 heavy (non-hydrogen) atoms. The standard InChI is InChI=1S/C14H21N5O3/c1-17-9-14(22-13(17)21)4-3-5-19(10-14)8-12(20)16-11-6-15-18(2)7-11/h6-7H,3-5,8-10H2,1-2H3,(H,16,20).